The number of hydrogen-bond acceptors (Lipinski definition) is 3. The smallest absolute Gasteiger partial charge is 0.340 e. The SMILES string of the molecule is CCCCCCCCCOc1ccc(-c2ccc(C3CCC(OC(=O)[C@@H](F)CCCC)CC3)c(F)c2F)cc1. The Balaban J connectivity index is 1.49. The number of alkyl halides is 1. The summed E-state index contributed by atoms with van der Waals surface area (Å²) >= 11 is 0. The highest BCUT2D eigenvalue weighted by Crippen LogP contribution is 2.38. The summed E-state index contributed by atoms with van der Waals surface area (Å²) in [6.45, 7) is 4.81. The van der Waals surface area contributed by atoms with Crippen molar-refractivity contribution in [3.63, 3.8) is 0 Å². The maximum absolute atomic E-state index is 15.1. The zero-order valence-corrected chi connectivity index (χ0v) is 23.7. The molecule has 0 aromatic heterocycles. The Hall–Kier alpha value is -2.50. The lowest BCUT2D eigenvalue weighted by Crippen LogP contribution is -2.28. The van der Waals surface area contributed by atoms with Gasteiger partial charge in [-0.05, 0) is 67.7 Å². The number of unbranched alkanes of at least 4 members (excludes halogenated alkanes) is 7. The lowest BCUT2D eigenvalue weighted by Gasteiger charge is -2.29. The van der Waals surface area contributed by atoms with Crippen molar-refractivity contribution < 1.29 is 27.4 Å². The van der Waals surface area contributed by atoms with Crippen LogP contribution >= 0.6 is 0 Å². The van der Waals surface area contributed by atoms with Crippen LogP contribution in [-0.4, -0.2) is 24.9 Å². The van der Waals surface area contributed by atoms with Crippen LogP contribution in [0.25, 0.3) is 11.1 Å². The molecule has 0 saturated heterocycles. The van der Waals surface area contributed by atoms with Gasteiger partial charge in [-0.25, -0.2) is 18.0 Å². The minimum absolute atomic E-state index is 0.160. The maximum atomic E-state index is 15.1. The van der Waals surface area contributed by atoms with Gasteiger partial charge < -0.3 is 9.47 Å². The molecule has 3 nitrogen and oxygen atoms in total. The Kier molecular flexibility index (Phi) is 13.2. The van der Waals surface area contributed by atoms with Gasteiger partial charge in [0.2, 0.25) is 0 Å². The summed E-state index contributed by atoms with van der Waals surface area (Å²) in [5, 5.41) is 0. The molecule has 1 aliphatic carbocycles. The molecule has 216 valence electrons. The zero-order chi connectivity index (χ0) is 28.0. The summed E-state index contributed by atoms with van der Waals surface area (Å²) < 4.78 is 55.4. The van der Waals surface area contributed by atoms with E-state index in [-0.39, 0.29) is 24.0 Å². The molecule has 0 spiro atoms. The van der Waals surface area contributed by atoms with Crippen molar-refractivity contribution in [2.24, 2.45) is 0 Å². The van der Waals surface area contributed by atoms with Crippen molar-refractivity contribution in [1.82, 2.24) is 0 Å². The summed E-state index contributed by atoms with van der Waals surface area (Å²) in [6, 6.07) is 10.4. The zero-order valence-electron chi connectivity index (χ0n) is 23.7. The van der Waals surface area contributed by atoms with Crippen LogP contribution in [0.1, 0.15) is 115 Å². The topological polar surface area (TPSA) is 35.5 Å². The van der Waals surface area contributed by atoms with Crippen molar-refractivity contribution in [1.29, 1.82) is 0 Å². The first-order chi connectivity index (χ1) is 18.9. The number of esters is 1. The number of ether oxygens (including phenoxy) is 2. The van der Waals surface area contributed by atoms with Gasteiger partial charge in [0.05, 0.1) is 6.61 Å². The summed E-state index contributed by atoms with van der Waals surface area (Å²) in [5.74, 6) is -1.91. The Labute approximate surface area is 232 Å². The van der Waals surface area contributed by atoms with Crippen LogP contribution in [0.2, 0.25) is 0 Å². The molecule has 1 saturated carbocycles. The van der Waals surface area contributed by atoms with Crippen molar-refractivity contribution >= 4 is 5.97 Å². The van der Waals surface area contributed by atoms with Crippen molar-refractivity contribution in [2.75, 3.05) is 6.61 Å². The molecule has 0 aliphatic heterocycles. The van der Waals surface area contributed by atoms with Gasteiger partial charge >= 0.3 is 5.97 Å². The van der Waals surface area contributed by atoms with E-state index in [0.29, 0.717) is 49.8 Å². The van der Waals surface area contributed by atoms with E-state index in [4.69, 9.17) is 9.47 Å². The normalized spacial score (nSPS) is 18.1. The number of benzene rings is 2. The first-order valence-corrected chi connectivity index (χ1v) is 15.0. The number of hydrogen-bond donors (Lipinski definition) is 0. The van der Waals surface area contributed by atoms with Crippen LogP contribution < -0.4 is 4.74 Å². The second-order valence-corrected chi connectivity index (χ2v) is 10.8. The molecular formula is C33H45F3O3. The van der Waals surface area contributed by atoms with Crippen molar-refractivity contribution in [2.45, 2.75) is 122 Å². The maximum Gasteiger partial charge on any atom is 0.340 e. The Morgan fingerprint density at radius 2 is 1.46 bits per heavy atom. The first kappa shape index (κ1) is 31.0. The molecule has 6 heteroatoms. The van der Waals surface area contributed by atoms with Gasteiger partial charge in [-0.2, -0.15) is 0 Å². The van der Waals surface area contributed by atoms with E-state index in [0.717, 1.165) is 25.0 Å². The average Bonchev–Trinajstić information content (AvgIpc) is 2.95. The Bertz CT molecular complexity index is 1000. The van der Waals surface area contributed by atoms with E-state index in [9.17, 15) is 9.18 Å². The predicted molar refractivity (Wildman–Crippen MR) is 151 cm³/mol. The molecule has 39 heavy (non-hydrogen) atoms. The van der Waals surface area contributed by atoms with Gasteiger partial charge in [0, 0.05) is 5.56 Å². The largest absolute Gasteiger partial charge is 0.494 e. The van der Waals surface area contributed by atoms with Crippen LogP contribution in [0.5, 0.6) is 5.75 Å². The molecule has 2 aromatic rings. The van der Waals surface area contributed by atoms with E-state index in [1.807, 2.05) is 6.92 Å². The minimum Gasteiger partial charge on any atom is -0.494 e. The quantitative estimate of drug-likeness (QED) is 0.155. The lowest BCUT2D eigenvalue weighted by atomic mass is 9.82. The monoisotopic (exact) mass is 546 g/mol. The number of carbonyl (C=O) groups excluding carboxylic acids is 1. The highest BCUT2D eigenvalue weighted by Gasteiger charge is 2.30. The third-order valence-electron chi connectivity index (χ3n) is 7.76. The first-order valence-electron chi connectivity index (χ1n) is 15.0. The molecule has 0 radical (unpaired) electrons. The third kappa shape index (κ3) is 9.58. The van der Waals surface area contributed by atoms with E-state index >= 15 is 8.78 Å². The van der Waals surface area contributed by atoms with Crippen LogP contribution in [-0.2, 0) is 9.53 Å². The Morgan fingerprint density at radius 1 is 0.821 bits per heavy atom. The molecular weight excluding hydrogens is 501 g/mol. The fourth-order valence-electron chi connectivity index (χ4n) is 5.31. The molecule has 3 rings (SSSR count). The van der Waals surface area contributed by atoms with E-state index in [2.05, 4.69) is 6.92 Å². The molecule has 1 aliphatic rings. The van der Waals surface area contributed by atoms with Crippen LogP contribution in [0, 0.1) is 11.6 Å². The Morgan fingerprint density at radius 3 is 2.13 bits per heavy atom. The fourth-order valence-corrected chi connectivity index (χ4v) is 5.31. The second kappa shape index (κ2) is 16.6. The fraction of sp³-hybridized carbons (Fsp3) is 0.606. The highest BCUT2D eigenvalue weighted by molar-refractivity contribution is 5.74. The average molecular weight is 547 g/mol. The van der Waals surface area contributed by atoms with Gasteiger partial charge in [0.1, 0.15) is 11.9 Å². The van der Waals surface area contributed by atoms with Crippen LogP contribution in [0.15, 0.2) is 36.4 Å². The summed E-state index contributed by atoms with van der Waals surface area (Å²) in [7, 11) is 0. The summed E-state index contributed by atoms with van der Waals surface area (Å²) in [5.41, 5.74) is 1.17. The van der Waals surface area contributed by atoms with Gasteiger partial charge in [0.25, 0.3) is 0 Å². The van der Waals surface area contributed by atoms with E-state index in [1.54, 1.807) is 36.4 Å². The number of halogens is 3. The molecule has 0 bridgehead atoms. The molecule has 1 atom stereocenters. The second-order valence-electron chi connectivity index (χ2n) is 10.8. The van der Waals surface area contributed by atoms with Crippen molar-refractivity contribution in [3.8, 4) is 16.9 Å². The molecule has 2 aromatic carbocycles. The lowest BCUT2D eigenvalue weighted by molar-refractivity contribution is -0.157. The van der Waals surface area contributed by atoms with Gasteiger partial charge in [0.15, 0.2) is 17.8 Å². The van der Waals surface area contributed by atoms with Crippen LogP contribution in [0.3, 0.4) is 0 Å². The van der Waals surface area contributed by atoms with E-state index in [1.165, 1.54) is 32.1 Å². The predicted octanol–water partition coefficient (Wildman–Crippen LogP) is 9.86. The van der Waals surface area contributed by atoms with Gasteiger partial charge in [-0.3, -0.25) is 0 Å². The molecule has 0 unspecified atom stereocenters. The van der Waals surface area contributed by atoms with E-state index < -0.39 is 23.8 Å². The molecule has 0 heterocycles. The molecule has 1 fully saturated rings. The highest BCUT2D eigenvalue weighted by atomic mass is 19.2. The standard InChI is InChI=1S/C33H45F3O3/c1-3-5-7-8-9-10-11-23-38-26-17-13-24(14-18-26)28-21-22-29(32(36)31(28)35)25-15-19-27(20-16-25)39-33(37)30(34)12-6-4-2/h13-14,17-18,21-22,25,27,30H,3-12,15-16,19-20,23H2,1-2H3/t25?,27?,30-/m0/s1. The van der Waals surface area contributed by atoms with Crippen molar-refractivity contribution in [3.05, 3.63) is 53.6 Å². The molecule has 0 amide bonds. The number of carbonyl (C=O) groups is 1. The summed E-state index contributed by atoms with van der Waals surface area (Å²) in [6.07, 6.45) is 10.4. The summed E-state index contributed by atoms with van der Waals surface area (Å²) in [4.78, 5) is 12.0. The number of rotatable bonds is 16. The van der Waals surface area contributed by atoms with Crippen LogP contribution in [0.4, 0.5) is 13.2 Å². The van der Waals surface area contributed by atoms with Gasteiger partial charge in [-0.15, -0.1) is 0 Å². The molecule has 0 N–H and O–H groups in total. The van der Waals surface area contributed by atoms with Gasteiger partial charge in [-0.1, -0.05) is 89.5 Å². The third-order valence-corrected chi connectivity index (χ3v) is 7.76. The minimum atomic E-state index is -1.59.